The van der Waals surface area contributed by atoms with Crippen LogP contribution in [0.1, 0.15) is 16.7 Å². The van der Waals surface area contributed by atoms with E-state index in [0.29, 0.717) is 0 Å². The molecule has 0 unspecified atom stereocenters. The number of hydrogen-bond donors (Lipinski definition) is 2. The standard InChI is InChI=1S/C19H19N7/c1-2-17(9-20-7-1)19-18(11-23-25-19)10-21-8-15-3-5-16(6-4-15)12-26-14-22-13-24-26/h1-7,9,11,13-14,21H,8,10,12H2,(H,23,25). The number of H-pyrrole nitrogens is 1. The maximum atomic E-state index is 4.17. The highest BCUT2D eigenvalue weighted by molar-refractivity contribution is 5.61. The van der Waals surface area contributed by atoms with Crippen molar-refractivity contribution in [3.63, 3.8) is 0 Å². The summed E-state index contributed by atoms with van der Waals surface area (Å²) in [6, 6.07) is 12.5. The number of aromatic amines is 1. The van der Waals surface area contributed by atoms with E-state index in [4.69, 9.17) is 0 Å². The summed E-state index contributed by atoms with van der Waals surface area (Å²) in [6.07, 6.45) is 8.74. The van der Waals surface area contributed by atoms with Crippen LogP contribution in [0.25, 0.3) is 11.3 Å². The molecular formula is C19H19N7. The van der Waals surface area contributed by atoms with Gasteiger partial charge in [-0.3, -0.25) is 10.1 Å². The van der Waals surface area contributed by atoms with Crippen LogP contribution >= 0.6 is 0 Å². The van der Waals surface area contributed by atoms with Gasteiger partial charge in [-0.1, -0.05) is 24.3 Å². The molecule has 3 aromatic heterocycles. The van der Waals surface area contributed by atoms with E-state index in [2.05, 4.69) is 54.8 Å². The first-order chi connectivity index (χ1) is 12.9. The van der Waals surface area contributed by atoms with Gasteiger partial charge in [-0.2, -0.15) is 10.2 Å². The molecule has 0 spiro atoms. The van der Waals surface area contributed by atoms with E-state index in [1.54, 1.807) is 18.9 Å². The Morgan fingerprint density at radius 1 is 0.962 bits per heavy atom. The van der Waals surface area contributed by atoms with Crippen molar-refractivity contribution in [2.75, 3.05) is 0 Å². The van der Waals surface area contributed by atoms with E-state index in [9.17, 15) is 0 Å². The lowest BCUT2D eigenvalue weighted by Gasteiger charge is -2.07. The second-order valence-electron chi connectivity index (χ2n) is 6.03. The zero-order valence-corrected chi connectivity index (χ0v) is 14.2. The zero-order chi connectivity index (χ0) is 17.6. The van der Waals surface area contributed by atoms with Crippen LogP contribution in [0.15, 0.2) is 67.6 Å². The molecule has 1 aromatic carbocycles. The summed E-state index contributed by atoms with van der Waals surface area (Å²) in [5.41, 5.74) is 5.61. The Kier molecular flexibility index (Phi) is 4.79. The van der Waals surface area contributed by atoms with Crippen molar-refractivity contribution >= 4 is 0 Å². The van der Waals surface area contributed by atoms with Crippen molar-refractivity contribution in [1.29, 1.82) is 0 Å². The molecule has 0 bridgehead atoms. The minimum Gasteiger partial charge on any atom is -0.308 e. The summed E-state index contributed by atoms with van der Waals surface area (Å²) in [4.78, 5) is 8.13. The van der Waals surface area contributed by atoms with Gasteiger partial charge in [0.2, 0.25) is 0 Å². The minimum absolute atomic E-state index is 0.733. The summed E-state index contributed by atoms with van der Waals surface area (Å²) in [5.74, 6) is 0. The van der Waals surface area contributed by atoms with Crippen molar-refractivity contribution in [3.8, 4) is 11.3 Å². The van der Waals surface area contributed by atoms with E-state index < -0.39 is 0 Å². The first kappa shape index (κ1) is 16.2. The number of pyridine rings is 1. The van der Waals surface area contributed by atoms with Crippen molar-refractivity contribution < 1.29 is 0 Å². The number of aromatic nitrogens is 6. The monoisotopic (exact) mass is 345 g/mol. The Bertz CT molecular complexity index is 928. The molecule has 0 aliphatic carbocycles. The average Bonchev–Trinajstić information content (AvgIpc) is 3.36. The van der Waals surface area contributed by atoms with Gasteiger partial charge in [0, 0.05) is 36.6 Å². The molecule has 0 saturated carbocycles. The average molecular weight is 345 g/mol. The lowest BCUT2D eigenvalue weighted by Crippen LogP contribution is -2.13. The quantitative estimate of drug-likeness (QED) is 0.537. The molecule has 0 atom stereocenters. The third-order valence-corrected chi connectivity index (χ3v) is 4.15. The number of nitrogens with one attached hydrogen (secondary N) is 2. The number of nitrogens with zero attached hydrogens (tertiary/aromatic N) is 5. The van der Waals surface area contributed by atoms with Gasteiger partial charge in [0.25, 0.3) is 0 Å². The molecule has 4 aromatic rings. The predicted octanol–water partition coefficient (Wildman–Crippen LogP) is 2.40. The molecule has 7 heteroatoms. The van der Waals surface area contributed by atoms with Gasteiger partial charge in [0.1, 0.15) is 12.7 Å². The second-order valence-corrected chi connectivity index (χ2v) is 6.03. The van der Waals surface area contributed by atoms with Crippen LogP contribution < -0.4 is 5.32 Å². The maximum Gasteiger partial charge on any atom is 0.137 e. The van der Waals surface area contributed by atoms with Crippen LogP contribution in [0.5, 0.6) is 0 Å². The third-order valence-electron chi connectivity index (χ3n) is 4.15. The summed E-state index contributed by atoms with van der Waals surface area (Å²) in [6.45, 7) is 2.26. The fourth-order valence-corrected chi connectivity index (χ4v) is 2.81. The van der Waals surface area contributed by atoms with Crippen LogP contribution in [0, 0.1) is 0 Å². The lowest BCUT2D eigenvalue weighted by atomic mass is 10.1. The van der Waals surface area contributed by atoms with Gasteiger partial charge in [-0.05, 0) is 23.3 Å². The summed E-state index contributed by atoms with van der Waals surface area (Å²) < 4.78 is 1.81. The van der Waals surface area contributed by atoms with E-state index in [-0.39, 0.29) is 0 Å². The molecular weight excluding hydrogens is 326 g/mol. The molecule has 0 saturated heterocycles. The molecule has 3 heterocycles. The van der Waals surface area contributed by atoms with Gasteiger partial charge in [-0.15, -0.1) is 0 Å². The Balaban J connectivity index is 1.33. The van der Waals surface area contributed by atoms with Crippen LogP contribution in [0.3, 0.4) is 0 Å². The van der Waals surface area contributed by atoms with Crippen LogP contribution in [0.2, 0.25) is 0 Å². The summed E-state index contributed by atoms with van der Waals surface area (Å²) in [5, 5.41) is 14.8. The zero-order valence-electron chi connectivity index (χ0n) is 14.2. The summed E-state index contributed by atoms with van der Waals surface area (Å²) >= 11 is 0. The van der Waals surface area contributed by atoms with Crippen LogP contribution in [-0.4, -0.2) is 29.9 Å². The normalized spacial score (nSPS) is 10.9. The molecule has 130 valence electrons. The van der Waals surface area contributed by atoms with Crippen molar-refractivity contribution in [2.24, 2.45) is 0 Å². The largest absolute Gasteiger partial charge is 0.308 e. The third kappa shape index (κ3) is 3.84. The molecule has 26 heavy (non-hydrogen) atoms. The topological polar surface area (TPSA) is 84.3 Å². The fraction of sp³-hybridized carbons (Fsp3) is 0.158. The lowest BCUT2D eigenvalue weighted by molar-refractivity contribution is 0.680. The van der Waals surface area contributed by atoms with Gasteiger partial charge < -0.3 is 5.32 Å². The molecule has 0 fully saturated rings. The Labute approximate surface area is 151 Å². The van der Waals surface area contributed by atoms with E-state index >= 15 is 0 Å². The Morgan fingerprint density at radius 3 is 2.62 bits per heavy atom. The number of rotatable bonds is 7. The van der Waals surface area contributed by atoms with Crippen molar-refractivity contribution in [2.45, 2.75) is 19.6 Å². The molecule has 0 radical (unpaired) electrons. The van der Waals surface area contributed by atoms with Crippen LogP contribution in [0.4, 0.5) is 0 Å². The molecule has 2 N–H and O–H groups in total. The number of hydrogen-bond acceptors (Lipinski definition) is 5. The van der Waals surface area contributed by atoms with Crippen LogP contribution in [-0.2, 0) is 19.6 Å². The van der Waals surface area contributed by atoms with Gasteiger partial charge in [0.05, 0.1) is 18.4 Å². The fourth-order valence-electron chi connectivity index (χ4n) is 2.81. The summed E-state index contributed by atoms with van der Waals surface area (Å²) in [7, 11) is 0. The molecule has 0 aliphatic rings. The maximum absolute atomic E-state index is 4.17. The second kappa shape index (κ2) is 7.71. The van der Waals surface area contributed by atoms with E-state index in [1.807, 2.05) is 29.2 Å². The van der Waals surface area contributed by atoms with Gasteiger partial charge in [-0.25, -0.2) is 9.67 Å². The smallest absolute Gasteiger partial charge is 0.137 e. The molecule has 4 rings (SSSR count). The first-order valence-corrected chi connectivity index (χ1v) is 8.42. The Morgan fingerprint density at radius 2 is 1.85 bits per heavy atom. The Hall–Kier alpha value is -3.32. The van der Waals surface area contributed by atoms with E-state index in [1.165, 1.54) is 11.1 Å². The highest BCUT2D eigenvalue weighted by Crippen LogP contribution is 2.19. The highest BCUT2D eigenvalue weighted by Gasteiger charge is 2.07. The predicted molar refractivity (Wildman–Crippen MR) is 97.9 cm³/mol. The van der Waals surface area contributed by atoms with Gasteiger partial charge in [0.15, 0.2) is 0 Å². The van der Waals surface area contributed by atoms with Crippen molar-refractivity contribution in [3.05, 3.63) is 84.3 Å². The first-order valence-electron chi connectivity index (χ1n) is 8.42. The highest BCUT2D eigenvalue weighted by atomic mass is 15.3. The minimum atomic E-state index is 0.733. The molecule has 0 aliphatic heterocycles. The molecule has 7 nitrogen and oxygen atoms in total. The van der Waals surface area contributed by atoms with E-state index in [0.717, 1.165) is 36.5 Å². The number of benzene rings is 1. The van der Waals surface area contributed by atoms with Crippen molar-refractivity contribution in [1.82, 2.24) is 35.3 Å². The van der Waals surface area contributed by atoms with Gasteiger partial charge >= 0.3 is 0 Å². The molecule has 0 amide bonds. The SMILES string of the molecule is c1cncc(-c2[nH]ncc2CNCc2ccc(Cn3cncn3)cc2)c1.